The first-order chi connectivity index (χ1) is 9.70. The number of aryl methyl sites for hydroxylation is 1. The highest BCUT2D eigenvalue weighted by Gasteiger charge is 2.29. The molecule has 2 atom stereocenters. The van der Waals surface area contributed by atoms with Crippen LogP contribution in [0.3, 0.4) is 0 Å². The summed E-state index contributed by atoms with van der Waals surface area (Å²) in [6.07, 6.45) is 8.36. The maximum Gasteiger partial charge on any atom is 0.231 e. The van der Waals surface area contributed by atoms with Crippen LogP contribution in [0.5, 0.6) is 0 Å². The number of nitrogens with zero attached hydrogens (tertiary/aromatic N) is 2. The van der Waals surface area contributed by atoms with Crippen molar-refractivity contribution in [3.05, 3.63) is 11.7 Å². The summed E-state index contributed by atoms with van der Waals surface area (Å²) in [6.45, 7) is 7.64. The Hall–Kier alpha value is -0.900. The van der Waals surface area contributed by atoms with Gasteiger partial charge in [-0.3, -0.25) is 0 Å². The maximum absolute atomic E-state index is 5.57. The van der Waals surface area contributed by atoms with Crippen LogP contribution in [-0.2, 0) is 6.42 Å². The summed E-state index contributed by atoms with van der Waals surface area (Å²) in [7, 11) is 0. The Morgan fingerprint density at radius 2 is 2.05 bits per heavy atom. The lowest BCUT2D eigenvalue weighted by atomic mass is 9.94. The Bertz CT molecular complexity index is 389. The van der Waals surface area contributed by atoms with E-state index in [9.17, 15) is 0 Å². The molecule has 0 radical (unpaired) electrons. The van der Waals surface area contributed by atoms with E-state index in [1.807, 2.05) is 0 Å². The minimum atomic E-state index is 0.401. The van der Waals surface area contributed by atoms with Crippen molar-refractivity contribution < 1.29 is 4.52 Å². The molecule has 1 heterocycles. The zero-order chi connectivity index (χ0) is 14.4. The molecule has 1 aliphatic carbocycles. The monoisotopic (exact) mass is 279 g/mol. The minimum Gasteiger partial charge on any atom is -0.339 e. The normalized spacial score (nSPS) is 24.0. The van der Waals surface area contributed by atoms with Crippen LogP contribution >= 0.6 is 0 Å². The number of hydrogen-bond acceptors (Lipinski definition) is 4. The molecule has 1 N–H and O–H groups in total. The van der Waals surface area contributed by atoms with Gasteiger partial charge in [0.1, 0.15) is 0 Å². The number of hydrogen-bond donors (Lipinski definition) is 1. The molecule has 1 saturated carbocycles. The number of likely N-dealkylation sites (N-methyl/N-ethyl adjacent to an activating group) is 1. The molecule has 1 aromatic rings. The van der Waals surface area contributed by atoms with Gasteiger partial charge in [0.2, 0.25) is 5.89 Å². The molecular weight excluding hydrogens is 250 g/mol. The highest BCUT2D eigenvalue weighted by atomic mass is 16.5. The summed E-state index contributed by atoms with van der Waals surface area (Å²) in [5, 5.41) is 7.78. The second kappa shape index (κ2) is 7.77. The van der Waals surface area contributed by atoms with Crippen molar-refractivity contribution >= 4 is 0 Å². The number of nitrogens with one attached hydrogen (secondary N) is 1. The molecule has 0 amide bonds. The minimum absolute atomic E-state index is 0.401. The van der Waals surface area contributed by atoms with Gasteiger partial charge in [0, 0.05) is 12.5 Å². The van der Waals surface area contributed by atoms with Gasteiger partial charge in [0.25, 0.3) is 0 Å². The second-order valence-corrected chi connectivity index (χ2v) is 6.39. The van der Waals surface area contributed by atoms with E-state index >= 15 is 0 Å². The summed E-state index contributed by atoms with van der Waals surface area (Å²) >= 11 is 0. The van der Waals surface area contributed by atoms with Crippen LogP contribution in [0.25, 0.3) is 0 Å². The van der Waals surface area contributed by atoms with Gasteiger partial charge in [0.05, 0.1) is 5.92 Å². The first-order valence-corrected chi connectivity index (χ1v) is 8.26. The van der Waals surface area contributed by atoms with E-state index < -0.39 is 0 Å². The number of aromatic nitrogens is 2. The smallest absolute Gasteiger partial charge is 0.231 e. The Kier molecular flexibility index (Phi) is 6.02. The van der Waals surface area contributed by atoms with Gasteiger partial charge in [0.15, 0.2) is 5.82 Å². The van der Waals surface area contributed by atoms with E-state index in [1.165, 1.54) is 32.1 Å². The predicted molar refractivity (Wildman–Crippen MR) is 80.7 cm³/mol. The number of rotatable bonds is 6. The van der Waals surface area contributed by atoms with Crippen molar-refractivity contribution in [3.63, 3.8) is 0 Å². The molecule has 0 saturated heterocycles. The van der Waals surface area contributed by atoms with Gasteiger partial charge in [-0.15, -0.1) is 0 Å². The van der Waals surface area contributed by atoms with Crippen molar-refractivity contribution in [2.45, 2.75) is 77.7 Å². The Balaban J connectivity index is 2.03. The van der Waals surface area contributed by atoms with Gasteiger partial charge in [-0.05, 0) is 31.7 Å². The van der Waals surface area contributed by atoms with Crippen LogP contribution in [0, 0.1) is 5.92 Å². The van der Waals surface area contributed by atoms with E-state index in [4.69, 9.17) is 4.52 Å². The third-order valence-electron chi connectivity index (χ3n) is 4.23. The first kappa shape index (κ1) is 15.5. The molecule has 0 aromatic carbocycles. The van der Waals surface area contributed by atoms with Crippen molar-refractivity contribution in [1.82, 2.24) is 15.5 Å². The Morgan fingerprint density at radius 1 is 1.25 bits per heavy atom. The molecule has 0 spiro atoms. The molecule has 4 nitrogen and oxygen atoms in total. The second-order valence-electron chi connectivity index (χ2n) is 6.39. The molecule has 1 aliphatic rings. The molecule has 0 bridgehead atoms. The molecule has 114 valence electrons. The lowest BCUT2D eigenvalue weighted by Crippen LogP contribution is -2.34. The molecule has 2 rings (SSSR count). The quantitative estimate of drug-likeness (QED) is 0.807. The van der Waals surface area contributed by atoms with Gasteiger partial charge >= 0.3 is 0 Å². The lowest BCUT2D eigenvalue weighted by molar-refractivity contribution is 0.304. The zero-order valence-corrected chi connectivity index (χ0v) is 13.2. The van der Waals surface area contributed by atoms with Crippen LogP contribution in [0.2, 0.25) is 0 Å². The van der Waals surface area contributed by atoms with Crippen molar-refractivity contribution in [3.8, 4) is 0 Å². The average Bonchev–Trinajstić information content (AvgIpc) is 2.77. The van der Waals surface area contributed by atoms with Crippen LogP contribution in [0.15, 0.2) is 4.52 Å². The standard InChI is InChI=1S/C16H29N3O/c1-4-17-14-9-7-5-6-8-13(14)16-18-15(19-20-16)11-10-12(2)3/h12-14,17H,4-11H2,1-3H3. The average molecular weight is 279 g/mol. The fraction of sp³-hybridized carbons (Fsp3) is 0.875. The largest absolute Gasteiger partial charge is 0.339 e. The fourth-order valence-corrected chi connectivity index (χ4v) is 3.05. The van der Waals surface area contributed by atoms with Gasteiger partial charge in [-0.25, -0.2) is 0 Å². The lowest BCUT2D eigenvalue weighted by Gasteiger charge is -2.22. The van der Waals surface area contributed by atoms with E-state index in [2.05, 4.69) is 36.2 Å². The zero-order valence-electron chi connectivity index (χ0n) is 13.2. The van der Waals surface area contributed by atoms with Crippen LogP contribution in [0.4, 0.5) is 0 Å². The topological polar surface area (TPSA) is 51.0 Å². The highest BCUT2D eigenvalue weighted by molar-refractivity contribution is 5.00. The predicted octanol–water partition coefficient (Wildman–Crippen LogP) is 3.68. The maximum atomic E-state index is 5.57. The van der Waals surface area contributed by atoms with Gasteiger partial charge in [-0.2, -0.15) is 4.98 Å². The first-order valence-electron chi connectivity index (χ1n) is 8.26. The summed E-state index contributed by atoms with van der Waals surface area (Å²) in [6, 6.07) is 0.501. The third kappa shape index (κ3) is 4.30. The highest BCUT2D eigenvalue weighted by Crippen LogP contribution is 2.31. The SMILES string of the molecule is CCNC1CCCCCC1c1nc(CCC(C)C)no1. The molecule has 1 aromatic heterocycles. The van der Waals surface area contributed by atoms with Gasteiger partial charge in [-0.1, -0.05) is 45.2 Å². The molecular formula is C16H29N3O. The van der Waals surface area contributed by atoms with Crippen molar-refractivity contribution in [2.24, 2.45) is 5.92 Å². The Morgan fingerprint density at radius 3 is 2.80 bits per heavy atom. The summed E-state index contributed by atoms with van der Waals surface area (Å²) in [5.41, 5.74) is 0. The van der Waals surface area contributed by atoms with Crippen LogP contribution in [0.1, 0.15) is 76.9 Å². The van der Waals surface area contributed by atoms with Crippen LogP contribution < -0.4 is 5.32 Å². The van der Waals surface area contributed by atoms with E-state index in [0.717, 1.165) is 31.1 Å². The molecule has 20 heavy (non-hydrogen) atoms. The Labute approximate surface area is 122 Å². The third-order valence-corrected chi connectivity index (χ3v) is 4.23. The fourth-order valence-electron chi connectivity index (χ4n) is 3.05. The van der Waals surface area contributed by atoms with Crippen molar-refractivity contribution in [2.75, 3.05) is 6.54 Å². The van der Waals surface area contributed by atoms with E-state index in [1.54, 1.807) is 0 Å². The van der Waals surface area contributed by atoms with Crippen molar-refractivity contribution in [1.29, 1.82) is 0 Å². The summed E-state index contributed by atoms with van der Waals surface area (Å²) in [4.78, 5) is 4.66. The summed E-state index contributed by atoms with van der Waals surface area (Å²) in [5.74, 6) is 2.83. The van der Waals surface area contributed by atoms with Gasteiger partial charge < -0.3 is 9.84 Å². The molecule has 1 fully saturated rings. The van der Waals surface area contributed by atoms with Crippen LogP contribution in [-0.4, -0.2) is 22.7 Å². The molecule has 2 unspecified atom stereocenters. The van der Waals surface area contributed by atoms with E-state index in [0.29, 0.717) is 17.9 Å². The summed E-state index contributed by atoms with van der Waals surface area (Å²) < 4.78 is 5.57. The molecule has 4 heteroatoms. The van der Waals surface area contributed by atoms with E-state index in [-0.39, 0.29) is 0 Å². The molecule has 0 aliphatic heterocycles.